The van der Waals surface area contributed by atoms with Gasteiger partial charge in [-0.1, -0.05) is 80.7 Å². The molecule has 0 aliphatic rings. The van der Waals surface area contributed by atoms with Crippen molar-refractivity contribution in [1.82, 2.24) is 9.97 Å². The maximum atomic E-state index is 12.8. The zero-order valence-electron chi connectivity index (χ0n) is 21.1. The lowest BCUT2D eigenvalue weighted by atomic mass is 9.91. The number of aromatic nitrogens is 2. The number of ether oxygens (including phenoxy) is 2. The molecule has 1 radical (unpaired) electrons. The SMILES string of the molecule is COc1nc(Cl)cc(-c2cccc([O])c2C(C)C)c1Oc1cc(Cl)c(Cl)c(-c2cccnc2)c1C(C)C. The van der Waals surface area contributed by atoms with Gasteiger partial charge >= 0.3 is 0 Å². The normalized spacial score (nSPS) is 11.3. The van der Waals surface area contributed by atoms with Crippen molar-refractivity contribution in [3.8, 4) is 45.4 Å². The Bertz CT molecular complexity index is 1440. The minimum Gasteiger partial charge on any atom is -0.478 e. The third-order valence-electron chi connectivity index (χ3n) is 6.00. The molecule has 37 heavy (non-hydrogen) atoms. The van der Waals surface area contributed by atoms with Gasteiger partial charge in [-0.15, -0.1) is 0 Å². The van der Waals surface area contributed by atoms with Gasteiger partial charge in [0.15, 0.2) is 11.5 Å². The number of benzene rings is 2. The fraction of sp³-hybridized carbons (Fsp3) is 0.241. The van der Waals surface area contributed by atoms with Gasteiger partial charge < -0.3 is 9.47 Å². The molecule has 4 aromatic rings. The van der Waals surface area contributed by atoms with E-state index in [1.54, 1.807) is 36.7 Å². The molecule has 0 spiro atoms. The van der Waals surface area contributed by atoms with E-state index in [1.165, 1.54) is 7.11 Å². The Morgan fingerprint density at radius 1 is 0.892 bits per heavy atom. The summed E-state index contributed by atoms with van der Waals surface area (Å²) in [4.78, 5) is 8.59. The van der Waals surface area contributed by atoms with E-state index in [2.05, 4.69) is 9.97 Å². The number of halogens is 3. The summed E-state index contributed by atoms with van der Waals surface area (Å²) in [6.07, 6.45) is 3.43. The van der Waals surface area contributed by atoms with E-state index in [4.69, 9.17) is 44.3 Å². The molecule has 0 amide bonds. The van der Waals surface area contributed by atoms with Crippen LogP contribution in [0.15, 0.2) is 54.9 Å². The molecular formula is C29H26Cl3N2O3. The first kappa shape index (κ1) is 27.1. The van der Waals surface area contributed by atoms with Crippen LogP contribution in [0.25, 0.3) is 22.3 Å². The van der Waals surface area contributed by atoms with Crippen LogP contribution >= 0.6 is 34.8 Å². The molecule has 0 atom stereocenters. The first-order valence-corrected chi connectivity index (χ1v) is 12.9. The van der Waals surface area contributed by atoms with Crippen LogP contribution in [0.2, 0.25) is 15.2 Å². The Hall–Kier alpha value is -2.99. The van der Waals surface area contributed by atoms with Crippen molar-refractivity contribution in [1.29, 1.82) is 0 Å². The van der Waals surface area contributed by atoms with E-state index >= 15 is 0 Å². The molecule has 4 rings (SSSR count). The smallest absolute Gasteiger partial charge is 0.259 e. The molecule has 0 fully saturated rings. The highest BCUT2D eigenvalue weighted by Crippen LogP contribution is 2.50. The zero-order valence-corrected chi connectivity index (χ0v) is 23.4. The maximum absolute atomic E-state index is 12.8. The summed E-state index contributed by atoms with van der Waals surface area (Å²) in [5.41, 5.74) is 4.31. The Labute approximate surface area is 232 Å². The average molecular weight is 557 g/mol. The molecule has 0 aliphatic carbocycles. The number of pyridine rings is 2. The largest absolute Gasteiger partial charge is 0.478 e. The summed E-state index contributed by atoms with van der Waals surface area (Å²) in [5, 5.41) is 13.8. The van der Waals surface area contributed by atoms with Crippen LogP contribution < -0.4 is 9.47 Å². The van der Waals surface area contributed by atoms with E-state index in [-0.39, 0.29) is 28.6 Å². The summed E-state index contributed by atoms with van der Waals surface area (Å²) in [6.45, 7) is 8.03. The Morgan fingerprint density at radius 2 is 1.62 bits per heavy atom. The Morgan fingerprint density at radius 3 is 2.24 bits per heavy atom. The van der Waals surface area contributed by atoms with E-state index in [9.17, 15) is 5.11 Å². The standard InChI is InChI=1S/C29H26Cl3N2O3/c1-15(2)24-18(9-6-10-21(24)35)19-12-23(31)34-29(36-5)28(19)37-22-13-20(30)27(32)26(25(22)16(3)4)17-8-7-11-33-14-17/h6-16H,1-5H3. The highest BCUT2D eigenvalue weighted by atomic mass is 35.5. The summed E-state index contributed by atoms with van der Waals surface area (Å²) in [7, 11) is 1.49. The summed E-state index contributed by atoms with van der Waals surface area (Å²) in [5.74, 6) is 0.876. The molecule has 0 saturated carbocycles. The molecule has 0 N–H and O–H groups in total. The molecule has 0 unspecified atom stereocenters. The van der Waals surface area contributed by atoms with E-state index < -0.39 is 0 Å². The molecule has 0 saturated heterocycles. The lowest BCUT2D eigenvalue weighted by Gasteiger charge is -2.23. The minimum atomic E-state index is -0.0679. The maximum Gasteiger partial charge on any atom is 0.259 e. The highest BCUT2D eigenvalue weighted by Gasteiger charge is 2.26. The van der Waals surface area contributed by atoms with Gasteiger partial charge in [0.05, 0.1) is 17.2 Å². The van der Waals surface area contributed by atoms with Crippen LogP contribution in [-0.4, -0.2) is 17.1 Å². The second kappa shape index (κ2) is 11.2. The number of rotatable bonds is 7. The number of methoxy groups -OCH3 is 1. The molecule has 0 bridgehead atoms. The lowest BCUT2D eigenvalue weighted by molar-refractivity contribution is 0.348. The van der Waals surface area contributed by atoms with Crippen LogP contribution in [0.1, 0.15) is 50.7 Å². The van der Waals surface area contributed by atoms with Crippen molar-refractivity contribution in [3.63, 3.8) is 0 Å². The van der Waals surface area contributed by atoms with Crippen molar-refractivity contribution >= 4 is 34.8 Å². The van der Waals surface area contributed by atoms with Crippen molar-refractivity contribution < 1.29 is 14.6 Å². The Balaban J connectivity index is 2.02. The average Bonchev–Trinajstić information content (AvgIpc) is 2.86. The minimum absolute atomic E-state index is 0.00544. The van der Waals surface area contributed by atoms with Crippen molar-refractivity contribution in [2.24, 2.45) is 0 Å². The Kier molecular flexibility index (Phi) is 8.17. The third-order valence-corrected chi connectivity index (χ3v) is 6.98. The zero-order chi connectivity index (χ0) is 26.9. The molecule has 2 aromatic carbocycles. The van der Waals surface area contributed by atoms with Gasteiger partial charge in [-0.25, -0.2) is 0 Å². The monoisotopic (exact) mass is 555 g/mol. The van der Waals surface area contributed by atoms with E-state index in [0.717, 1.165) is 16.7 Å². The van der Waals surface area contributed by atoms with Crippen LogP contribution in [-0.2, 0) is 5.11 Å². The molecule has 8 heteroatoms. The summed E-state index contributed by atoms with van der Waals surface area (Å²) >= 11 is 19.7. The molecule has 191 valence electrons. The molecule has 5 nitrogen and oxygen atoms in total. The van der Waals surface area contributed by atoms with E-state index in [1.807, 2.05) is 45.9 Å². The summed E-state index contributed by atoms with van der Waals surface area (Å²) < 4.78 is 12.2. The predicted octanol–water partition coefficient (Wildman–Crippen LogP) is 9.96. The van der Waals surface area contributed by atoms with Crippen LogP contribution in [0.4, 0.5) is 0 Å². The van der Waals surface area contributed by atoms with Gasteiger partial charge in [-0.3, -0.25) is 10.1 Å². The third kappa shape index (κ3) is 5.35. The first-order chi connectivity index (χ1) is 17.6. The summed E-state index contributed by atoms with van der Waals surface area (Å²) in [6, 6.07) is 12.3. The first-order valence-electron chi connectivity index (χ1n) is 11.8. The fourth-order valence-corrected chi connectivity index (χ4v) is 5.11. The van der Waals surface area contributed by atoms with Crippen molar-refractivity contribution in [2.45, 2.75) is 39.5 Å². The molecule has 0 aliphatic heterocycles. The van der Waals surface area contributed by atoms with Gasteiger partial charge in [0, 0.05) is 46.3 Å². The predicted molar refractivity (Wildman–Crippen MR) is 149 cm³/mol. The van der Waals surface area contributed by atoms with Gasteiger partial charge in [0.2, 0.25) is 0 Å². The second-order valence-electron chi connectivity index (χ2n) is 9.16. The van der Waals surface area contributed by atoms with Crippen LogP contribution in [0.3, 0.4) is 0 Å². The topological polar surface area (TPSA) is 64.1 Å². The van der Waals surface area contributed by atoms with Crippen LogP contribution in [0, 0.1) is 0 Å². The molecule has 2 aromatic heterocycles. The molecule has 2 heterocycles. The van der Waals surface area contributed by atoms with Gasteiger partial charge in [0.25, 0.3) is 5.88 Å². The second-order valence-corrected chi connectivity index (χ2v) is 10.3. The van der Waals surface area contributed by atoms with Crippen molar-refractivity contribution in [3.05, 3.63) is 81.2 Å². The number of hydrogen-bond acceptors (Lipinski definition) is 4. The highest BCUT2D eigenvalue weighted by molar-refractivity contribution is 6.44. The van der Waals surface area contributed by atoms with Crippen LogP contribution in [0.5, 0.6) is 23.1 Å². The van der Waals surface area contributed by atoms with Gasteiger partial charge in [0.1, 0.15) is 10.9 Å². The van der Waals surface area contributed by atoms with Gasteiger partial charge in [-0.2, -0.15) is 4.98 Å². The van der Waals surface area contributed by atoms with Gasteiger partial charge in [-0.05, 0) is 35.6 Å². The van der Waals surface area contributed by atoms with Crippen molar-refractivity contribution in [2.75, 3.05) is 7.11 Å². The fourth-order valence-electron chi connectivity index (χ4n) is 4.47. The number of hydrogen-bond donors (Lipinski definition) is 0. The van der Waals surface area contributed by atoms with E-state index in [0.29, 0.717) is 38.2 Å². The number of nitrogens with zero attached hydrogens (tertiary/aromatic N) is 2. The molecular weight excluding hydrogens is 531 g/mol. The lowest BCUT2D eigenvalue weighted by Crippen LogP contribution is -2.03. The quantitative estimate of drug-likeness (QED) is 0.212.